The van der Waals surface area contributed by atoms with Crippen molar-refractivity contribution in [3.05, 3.63) is 69.5 Å². The third kappa shape index (κ3) is 9.40. The molecule has 10 heteroatoms. The van der Waals surface area contributed by atoms with E-state index in [1.54, 1.807) is 18.0 Å². The second kappa shape index (κ2) is 15.2. The number of halogens is 5. The minimum atomic E-state index is -4.66. The van der Waals surface area contributed by atoms with Crippen molar-refractivity contribution in [3.8, 4) is 0 Å². The van der Waals surface area contributed by atoms with Gasteiger partial charge in [0.2, 0.25) is 0 Å². The van der Waals surface area contributed by atoms with Crippen LogP contribution in [0.2, 0.25) is 5.02 Å². The summed E-state index contributed by atoms with van der Waals surface area (Å²) in [4.78, 5) is 17.0. The number of nitrogens with zero attached hydrogens (tertiary/aromatic N) is 2. The summed E-state index contributed by atoms with van der Waals surface area (Å²) in [6.45, 7) is 5.24. The van der Waals surface area contributed by atoms with Gasteiger partial charge in [-0.2, -0.15) is 0 Å². The van der Waals surface area contributed by atoms with Crippen LogP contribution < -0.4 is 0 Å². The van der Waals surface area contributed by atoms with E-state index in [2.05, 4.69) is 9.64 Å². The van der Waals surface area contributed by atoms with Crippen molar-refractivity contribution < 1.29 is 32.2 Å². The van der Waals surface area contributed by atoms with Crippen LogP contribution in [0.5, 0.6) is 0 Å². The number of hydrogen-bond donors (Lipinski definition) is 1. The van der Waals surface area contributed by atoms with Gasteiger partial charge in [-0.3, -0.25) is 14.4 Å². The fraction of sp³-hybridized carbons (Fsp3) is 0.606. The third-order valence-corrected chi connectivity index (χ3v) is 9.42. The van der Waals surface area contributed by atoms with Crippen LogP contribution in [0.4, 0.5) is 17.6 Å². The Labute approximate surface area is 257 Å². The van der Waals surface area contributed by atoms with Crippen molar-refractivity contribution >= 4 is 17.6 Å². The van der Waals surface area contributed by atoms with E-state index in [1.165, 1.54) is 18.6 Å². The highest BCUT2D eigenvalue weighted by Crippen LogP contribution is 2.41. The monoisotopic (exact) mass is 626 g/mol. The highest BCUT2D eigenvalue weighted by atomic mass is 35.5. The summed E-state index contributed by atoms with van der Waals surface area (Å²) in [5.41, 5.74) is 3.04. The molecule has 238 valence electrons. The third-order valence-electron chi connectivity index (χ3n) is 9.18. The zero-order chi connectivity index (χ0) is 31.1. The Kier molecular flexibility index (Phi) is 11.9. The van der Waals surface area contributed by atoms with Crippen molar-refractivity contribution in [3.63, 3.8) is 0 Å². The van der Waals surface area contributed by atoms with Gasteiger partial charge in [-0.05, 0) is 144 Å². The summed E-state index contributed by atoms with van der Waals surface area (Å²) in [5.74, 6) is -1.51. The van der Waals surface area contributed by atoms with E-state index in [1.807, 2.05) is 25.1 Å². The minimum Gasteiger partial charge on any atom is -0.480 e. The Balaban J connectivity index is 1.51. The number of ether oxygens (including phenoxy) is 1. The van der Waals surface area contributed by atoms with E-state index >= 15 is 4.39 Å². The lowest BCUT2D eigenvalue weighted by atomic mass is 9.77. The van der Waals surface area contributed by atoms with Gasteiger partial charge in [-0.25, -0.2) is 4.39 Å². The topological polar surface area (TPSA) is 53.0 Å². The molecule has 1 aliphatic heterocycles. The molecule has 2 aromatic rings. The van der Waals surface area contributed by atoms with E-state index in [0.29, 0.717) is 42.0 Å². The second-order valence-electron chi connectivity index (χ2n) is 12.2. The Bertz CT molecular complexity index is 1210. The average molecular weight is 627 g/mol. The first-order chi connectivity index (χ1) is 20.4. The molecular weight excluding hydrogens is 584 g/mol. The highest BCUT2D eigenvalue weighted by Gasteiger charge is 2.37. The van der Waals surface area contributed by atoms with Crippen LogP contribution in [0.3, 0.4) is 0 Å². The molecule has 1 heterocycles. The fourth-order valence-electron chi connectivity index (χ4n) is 7.01. The molecule has 2 aliphatic rings. The number of carboxylic acids is 1. The number of hydrogen-bond acceptors (Lipinski definition) is 4. The van der Waals surface area contributed by atoms with Crippen LogP contribution in [0.1, 0.15) is 97.9 Å². The molecule has 2 aromatic carbocycles. The molecule has 5 nitrogen and oxygen atoms in total. The van der Waals surface area contributed by atoms with Gasteiger partial charge in [-0.1, -0.05) is 36.2 Å². The van der Waals surface area contributed by atoms with E-state index in [9.17, 15) is 23.1 Å². The summed E-state index contributed by atoms with van der Waals surface area (Å²) in [7, 11) is 1.77. The Morgan fingerprint density at radius 1 is 1.07 bits per heavy atom. The molecule has 1 saturated heterocycles. The van der Waals surface area contributed by atoms with Gasteiger partial charge in [0.15, 0.2) is 0 Å². The van der Waals surface area contributed by atoms with Crippen LogP contribution in [0.25, 0.3) is 0 Å². The number of carbonyl (C=O) groups is 1. The van der Waals surface area contributed by atoms with Crippen LogP contribution in [0, 0.1) is 12.7 Å². The number of carboxylic acid groups (broad SMARTS) is 1. The molecule has 1 aliphatic carbocycles. The quantitative estimate of drug-likeness (QED) is 0.240. The maximum absolute atomic E-state index is 15.0. The normalized spacial score (nSPS) is 21.6. The van der Waals surface area contributed by atoms with E-state index in [0.717, 1.165) is 50.0 Å². The average Bonchev–Trinajstić information content (AvgIpc) is 2.95. The lowest BCUT2D eigenvalue weighted by molar-refractivity contribution is -0.345. The minimum absolute atomic E-state index is 0.0580. The molecule has 0 unspecified atom stereocenters. The first kappa shape index (κ1) is 33.7. The Morgan fingerprint density at radius 2 is 1.77 bits per heavy atom. The summed E-state index contributed by atoms with van der Waals surface area (Å²) in [6.07, 6.45) is 0.789. The van der Waals surface area contributed by atoms with Crippen LogP contribution in [0.15, 0.2) is 36.4 Å². The summed E-state index contributed by atoms with van der Waals surface area (Å²) < 4.78 is 57.6. The second-order valence-corrected chi connectivity index (χ2v) is 12.6. The number of likely N-dealkylation sites (N-methyl/N-ethyl adjacent to an activating group) is 1. The zero-order valence-electron chi connectivity index (χ0n) is 25.0. The molecule has 4 rings (SSSR count). The van der Waals surface area contributed by atoms with Crippen molar-refractivity contribution in [2.45, 2.75) is 95.1 Å². The zero-order valence-corrected chi connectivity index (χ0v) is 25.8. The molecule has 0 radical (unpaired) electrons. The van der Waals surface area contributed by atoms with Gasteiger partial charge in [0, 0.05) is 5.02 Å². The molecule has 2 fully saturated rings. The number of likely N-dealkylation sites (tertiary alicyclic amines) is 1. The van der Waals surface area contributed by atoms with Crippen molar-refractivity contribution in [1.82, 2.24) is 9.80 Å². The molecule has 0 amide bonds. The van der Waals surface area contributed by atoms with Crippen LogP contribution in [-0.2, 0) is 9.53 Å². The van der Waals surface area contributed by atoms with Gasteiger partial charge in [0.25, 0.3) is 0 Å². The predicted molar refractivity (Wildman–Crippen MR) is 160 cm³/mol. The molecule has 1 saturated carbocycles. The number of aryl methyl sites for hydroxylation is 1. The number of alkyl halides is 3. The lowest BCUT2D eigenvalue weighted by Gasteiger charge is -2.34. The van der Waals surface area contributed by atoms with Crippen molar-refractivity contribution in [2.24, 2.45) is 0 Å². The maximum atomic E-state index is 15.0. The van der Waals surface area contributed by atoms with Crippen molar-refractivity contribution in [2.75, 3.05) is 33.2 Å². The molecule has 2 atom stereocenters. The largest absolute Gasteiger partial charge is 0.522 e. The molecule has 43 heavy (non-hydrogen) atoms. The van der Waals surface area contributed by atoms with E-state index < -0.39 is 24.5 Å². The molecule has 0 bridgehead atoms. The van der Waals surface area contributed by atoms with E-state index in [-0.39, 0.29) is 30.5 Å². The van der Waals surface area contributed by atoms with Gasteiger partial charge in [-0.15, -0.1) is 13.2 Å². The molecule has 1 N–H and O–H groups in total. The summed E-state index contributed by atoms with van der Waals surface area (Å²) in [6, 6.07) is 9.24. The molecule has 0 aromatic heterocycles. The summed E-state index contributed by atoms with van der Waals surface area (Å²) in [5, 5.41) is 10.9. The smallest absolute Gasteiger partial charge is 0.480 e. The van der Waals surface area contributed by atoms with E-state index in [4.69, 9.17) is 11.6 Å². The molecular formula is C33H43ClF4N2O3. The first-order valence-electron chi connectivity index (χ1n) is 15.4. The number of benzene rings is 2. The lowest BCUT2D eigenvalue weighted by Crippen LogP contribution is -2.35. The van der Waals surface area contributed by atoms with Crippen molar-refractivity contribution in [1.29, 1.82) is 0 Å². The molecule has 0 spiro atoms. The Hall–Kier alpha value is -2.20. The van der Waals surface area contributed by atoms with Crippen LogP contribution in [-0.4, -0.2) is 66.6 Å². The first-order valence-corrected chi connectivity index (χ1v) is 15.7. The van der Waals surface area contributed by atoms with Gasteiger partial charge in [0.1, 0.15) is 11.9 Å². The maximum Gasteiger partial charge on any atom is 0.522 e. The number of aliphatic carboxylic acids is 1. The summed E-state index contributed by atoms with van der Waals surface area (Å²) >= 11 is 6.26. The Morgan fingerprint density at radius 3 is 2.42 bits per heavy atom. The number of piperidine rings is 1. The highest BCUT2D eigenvalue weighted by molar-refractivity contribution is 6.30. The van der Waals surface area contributed by atoms with Gasteiger partial charge >= 0.3 is 12.3 Å². The fourth-order valence-corrected chi connectivity index (χ4v) is 7.19. The SMILES string of the molecule is Cc1cccc([C@H](C(=O)O)N(C)CC[C@H](CCN2CCCCC2)c2cc(Cl)ccc2F)c1C1CCC(OC(F)(F)F)CC1. The standard InChI is InChI=1S/C33H43ClF4N2O3/c1-22-7-6-8-27(30(22)24-9-12-26(13-10-24)43-33(36,37)38)31(32(41)42)39(2)19-15-23(16-20-40-17-4-3-5-18-40)28-21-25(34)11-14-29(28)35/h6-8,11,14,21,23-24,26,31H,3-5,9-10,12-13,15-20H2,1-2H3,(H,41,42)/t23-,24?,26?,31-/m1/s1. The van der Waals surface area contributed by atoms with Gasteiger partial charge in [0.05, 0.1) is 6.10 Å². The number of rotatable bonds is 12. The van der Waals surface area contributed by atoms with Gasteiger partial charge < -0.3 is 10.0 Å². The predicted octanol–water partition coefficient (Wildman–Crippen LogP) is 8.46. The van der Waals surface area contributed by atoms with Crippen LogP contribution >= 0.6 is 11.6 Å².